The van der Waals surface area contributed by atoms with Gasteiger partial charge in [0.05, 0.1) is 19.9 Å². The number of amides is 2. The highest BCUT2D eigenvalue weighted by atomic mass is 35.5. The van der Waals surface area contributed by atoms with E-state index in [4.69, 9.17) is 21.1 Å². The third kappa shape index (κ3) is 5.99. The van der Waals surface area contributed by atoms with Gasteiger partial charge < -0.3 is 14.8 Å². The van der Waals surface area contributed by atoms with Gasteiger partial charge >= 0.3 is 11.8 Å². The lowest BCUT2D eigenvalue weighted by molar-refractivity contribution is -0.136. The lowest BCUT2D eigenvalue weighted by Crippen LogP contribution is -2.32. The minimum Gasteiger partial charge on any atom is -0.493 e. The lowest BCUT2D eigenvalue weighted by Gasteiger charge is -2.10. The molecule has 2 rings (SSSR count). The number of carbonyl (C=O) groups excluding carboxylic acids is 2. The quantitative estimate of drug-likeness (QED) is 0.420. The maximum Gasteiger partial charge on any atom is 0.329 e. The zero-order valence-electron chi connectivity index (χ0n) is 15.9. The number of benzene rings is 2. The number of rotatable bonds is 7. The summed E-state index contributed by atoms with van der Waals surface area (Å²) < 4.78 is 10.9. The Labute approximate surface area is 168 Å². The molecule has 0 atom stereocenters. The summed E-state index contributed by atoms with van der Waals surface area (Å²) in [4.78, 5) is 23.9. The molecule has 0 aliphatic rings. The molecular weight excluding hydrogens is 382 g/mol. The van der Waals surface area contributed by atoms with Crippen molar-refractivity contribution in [2.24, 2.45) is 5.10 Å². The fourth-order valence-corrected chi connectivity index (χ4v) is 2.39. The number of nitrogens with one attached hydrogen (secondary N) is 2. The summed E-state index contributed by atoms with van der Waals surface area (Å²) in [5, 5.41) is 6.76. The monoisotopic (exact) mass is 403 g/mol. The van der Waals surface area contributed by atoms with Crippen LogP contribution in [0.3, 0.4) is 0 Å². The van der Waals surface area contributed by atoms with Crippen molar-refractivity contribution in [3.63, 3.8) is 0 Å². The number of hydrogen-bond donors (Lipinski definition) is 2. The summed E-state index contributed by atoms with van der Waals surface area (Å²) in [6, 6.07) is 10.2. The topological polar surface area (TPSA) is 89.0 Å². The van der Waals surface area contributed by atoms with Gasteiger partial charge in [-0.15, -0.1) is 0 Å². The Balaban J connectivity index is 1.96. The van der Waals surface area contributed by atoms with E-state index in [0.29, 0.717) is 34.4 Å². The van der Waals surface area contributed by atoms with E-state index in [9.17, 15) is 9.59 Å². The Morgan fingerprint density at radius 3 is 2.64 bits per heavy atom. The van der Waals surface area contributed by atoms with Gasteiger partial charge in [-0.2, -0.15) is 5.10 Å². The van der Waals surface area contributed by atoms with E-state index in [1.807, 2.05) is 6.92 Å². The first-order chi connectivity index (χ1) is 13.4. The summed E-state index contributed by atoms with van der Waals surface area (Å²) in [5.74, 6) is -0.561. The summed E-state index contributed by atoms with van der Waals surface area (Å²) in [5.41, 5.74) is 4.10. The van der Waals surface area contributed by atoms with Gasteiger partial charge in [0.2, 0.25) is 0 Å². The van der Waals surface area contributed by atoms with Crippen LogP contribution in [0.15, 0.2) is 41.5 Å². The number of nitrogens with zero attached hydrogens (tertiary/aromatic N) is 1. The predicted molar refractivity (Wildman–Crippen MR) is 109 cm³/mol. The molecule has 0 aromatic heterocycles. The highest BCUT2D eigenvalue weighted by Gasteiger charge is 2.14. The molecule has 0 unspecified atom stereocenters. The van der Waals surface area contributed by atoms with Crippen LogP contribution in [0.25, 0.3) is 0 Å². The Morgan fingerprint density at radius 1 is 1.14 bits per heavy atom. The number of methoxy groups -OCH3 is 1. The molecule has 2 N–H and O–H groups in total. The van der Waals surface area contributed by atoms with Crippen LogP contribution in [0.4, 0.5) is 5.69 Å². The van der Waals surface area contributed by atoms with Crippen LogP contribution in [-0.4, -0.2) is 31.7 Å². The molecule has 2 amide bonds. The SMILES string of the molecule is CCCOc1ccc(/C=N\NC(=O)C(=O)Nc2cc(Cl)ccc2C)cc1OC. The lowest BCUT2D eigenvalue weighted by atomic mass is 10.2. The summed E-state index contributed by atoms with van der Waals surface area (Å²) in [6.07, 6.45) is 2.29. The first-order valence-corrected chi connectivity index (χ1v) is 9.03. The van der Waals surface area contributed by atoms with Crippen LogP contribution in [0, 0.1) is 6.92 Å². The molecule has 8 heteroatoms. The molecule has 0 saturated heterocycles. The number of carbonyl (C=O) groups is 2. The number of hydrogen-bond acceptors (Lipinski definition) is 5. The van der Waals surface area contributed by atoms with Gasteiger partial charge in [-0.3, -0.25) is 9.59 Å². The Morgan fingerprint density at radius 2 is 1.93 bits per heavy atom. The van der Waals surface area contributed by atoms with E-state index in [-0.39, 0.29) is 0 Å². The predicted octanol–water partition coefficient (Wildman–Crippen LogP) is 3.53. The van der Waals surface area contributed by atoms with Crippen molar-refractivity contribution in [2.45, 2.75) is 20.3 Å². The second kappa shape index (κ2) is 10.3. The molecule has 0 heterocycles. The van der Waals surface area contributed by atoms with Crippen molar-refractivity contribution in [1.82, 2.24) is 5.43 Å². The minimum absolute atomic E-state index is 0.458. The molecule has 0 saturated carbocycles. The fraction of sp³-hybridized carbons (Fsp3) is 0.250. The maximum absolute atomic E-state index is 12.0. The van der Waals surface area contributed by atoms with Gasteiger partial charge in [0, 0.05) is 10.7 Å². The molecule has 2 aromatic rings. The van der Waals surface area contributed by atoms with Crippen LogP contribution in [0.2, 0.25) is 5.02 Å². The molecule has 0 aliphatic heterocycles. The van der Waals surface area contributed by atoms with Crippen molar-refractivity contribution in [3.8, 4) is 11.5 Å². The second-order valence-corrected chi connectivity index (χ2v) is 6.31. The minimum atomic E-state index is -0.898. The third-order valence-corrected chi connectivity index (χ3v) is 3.92. The maximum atomic E-state index is 12.0. The van der Waals surface area contributed by atoms with Crippen LogP contribution in [-0.2, 0) is 9.59 Å². The van der Waals surface area contributed by atoms with Crippen molar-refractivity contribution in [2.75, 3.05) is 19.0 Å². The number of anilines is 1. The number of halogens is 1. The molecule has 0 spiro atoms. The summed E-state index contributed by atoms with van der Waals surface area (Å²) >= 11 is 5.90. The molecule has 0 bridgehead atoms. The zero-order chi connectivity index (χ0) is 20.5. The average Bonchev–Trinajstić information content (AvgIpc) is 2.69. The Hall–Kier alpha value is -3.06. The van der Waals surface area contributed by atoms with Crippen molar-refractivity contribution in [1.29, 1.82) is 0 Å². The zero-order valence-corrected chi connectivity index (χ0v) is 16.7. The van der Waals surface area contributed by atoms with Crippen LogP contribution < -0.4 is 20.2 Å². The molecule has 28 heavy (non-hydrogen) atoms. The Bertz CT molecular complexity index is 884. The van der Waals surface area contributed by atoms with E-state index in [2.05, 4.69) is 15.8 Å². The largest absolute Gasteiger partial charge is 0.493 e. The third-order valence-electron chi connectivity index (χ3n) is 3.68. The standard InChI is InChI=1S/C20H22ClN3O4/c1-4-9-28-17-8-6-14(10-18(17)27-3)12-22-24-20(26)19(25)23-16-11-15(21)7-5-13(16)2/h5-8,10-12H,4,9H2,1-3H3,(H,23,25)(H,24,26)/b22-12-. The molecule has 0 radical (unpaired) electrons. The normalized spacial score (nSPS) is 10.6. The summed E-state index contributed by atoms with van der Waals surface area (Å²) in [7, 11) is 1.54. The van der Waals surface area contributed by atoms with Gasteiger partial charge in [-0.25, -0.2) is 5.43 Å². The van der Waals surface area contributed by atoms with E-state index in [1.165, 1.54) is 6.21 Å². The molecule has 148 valence electrons. The molecule has 0 fully saturated rings. The smallest absolute Gasteiger partial charge is 0.329 e. The van der Waals surface area contributed by atoms with E-state index in [0.717, 1.165) is 12.0 Å². The van der Waals surface area contributed by atoms with Crippen LogP contribution in [0.1, 0.15) is 24.5 Å². The van der Waals surface area contributed by atoms with Crippen molar-refractivity contribution in [3.05, 3.63) is 52.5 Å². The first kappa shape index (κ1) is 21.2. The highest BCUT2D eigenvalue weighted by Crippen LogP contribution is 2.27. The molecule has 2 aromatic carbocycles. The van der Waals surface area contributed by atoms with E-state index in [1.54, 1.807) is 50.4 Å². The number of aryl methyl sites for hydroxylation is 1. The van der Waals surface area contributed by atoms with Gasteiger partial charge in [-0.1, -0.05) is 24.6 Å². The van der Waals surface area contributed by atoms with Crippen LogP contribution >= 0.6 is 11.6 Å². The molecule has 7 nitrogen and oxygen atoms in total. The Kier molecular flexibility index (Phi) is 7.83. The summed E-state index contributed by atoms with van der Waals surface area (Å²) in [6.45, 7) is 4.39. The number of ether oxygens (including phenoxy) is 2. The van der Waals surface area contributed by atoms with E-state index < -0.39 is 11.8 Å². The average molecular weight is 404 g/mol. The van der Waals surface area contributed by atoms with Gasteiger partial charge in [0.15, 0.2) is 11.5 Å². The van der Waals surface area contributed by atoms with Gasteiger partial charge in [-0.05, 0) is 54.8 Å². The molecular formula is C20H22ClN3O4. The van der Waals surface area contributed by atoms with Crippen LogP contribution in [0.5, 0.6) is 11.5 Å². The van der Waals surface area contributed by atoms with Crippen molar-refractivity contribution < 1.29 is 19.1 Å². The first-order valence-electron chi connectivity index (χ1n) is 8.66. The van der Waals surface area contributed by atoms with Gasteiger partial charge in [0.1, 0.15) is 0 Å². The van der Waals surface area contributed by atoms with E-state index >= 15 is 0 Å². The van der Waals surface area contributed by atoms with Gasteiger partial charge in [0.25, 0.3) is 0 Å². The fourth-order valence-electron chi connectivity index (χ4n) is 2.22. The van der Waals surface area contributed by atoms with Crippen molar-refractivity contribution >= 4 is 35.3 Å². The molecule has 0 aliphatic carbocycles. The number of hydrazone groups is 1. The highest BCUT2D eigenvalue weighted by molar-refractivity contribution is 6.40. The second-order valence-electron chi connectivity index (χ2n) is 5.87.